The van der Waals surface area contributed by atoms with Gasteiger partial charge in [0.15, 0.2) is 18.2 Å². The molecule has 0 fully saturated rings. The van der Waals surface area contributed by atoms with E-state index in [1.165, 1.54) is 22.9 Å². The second-order valence-electron chi connectivity index (χ2n) is 8.86. The zero-order valence-electron chi connectivity index (χ0n) is 19.8. The molecule has 12 heteroatoms. The molecule has 0 aliphatic carbocycles. The average molecular weight is 538 g/mol. The molecule has 0 spiro atoms. The Labute approximate surface area is 213 Å². The first-order valence-electron chi connectivity index (χ1n) is 10.9. The molecule has 3 aromatic carbocycles. The minimum absolute atomic E-state index is 0.0729. The van der Waals surface area contributed by atoms with Crippen LogP contribution in [0.1, 0.15) is 26.3 Å². The van der Waals surface area contributed by atoms with Crippen molar-refractivity contribution in [3.05, 3.63) is 71.0 Å². The first kappa shape index (κ1) is 26.2. The number of alkyl halides is 3. The topological polar surface area (TPSA) is 75.5 Å². The number of benzene rings is 3. The van der Waals surface area contributed by atoms with Gasteiger partial charge >= 0.3 is 12.1 Å². The van der Waals surface area contributed by atoms with E-state index in [2.05, 4.69) is 10.3 Å². The highest BCUT2D eigenvalue weighted by atomic mass is 35.5. The maximum atomic E-state index is 14.4. The van der Waals surface area contributed by atoms with Crippen LogP contribution >= 0.6 is 11.6 Å². The van der Waals surface area contributed by atoms with Gasteiger partial charge in [-0.2, -0.15) is 13.2 Å². The Hall–Kier alpha value is -3.86. The van der Waals surface area contributed by atoms with Gasteiger partial charge in [0, 0.05) is 6.07 Å². The lowest BCUT2D eigenvalue weighted by atomic mass is 10.2. The van der Waals surface area contributed by atoms with Crippen molar-refractivity contribution >= 4 is 28.6 Å². The van der Waals surface area contributed by atoms with Gasteiger partial charge in [0.25, 0.3) is 0 Å². The Balaban J connectivity index is 1.64. The number of carbonyl (C=O) groups is 1. The number of esters is 1. The van der Waals surface area contributed by atoms with Crippen LogP contribution in [0.25, 0.3) is 16.7 Å². The fourth-order valence-electron chi connectivity index (χ4n) is 3.34. The summed E-state index contributed by atoms with van der Waals surface area (Å²) in [6.45, 7) is 4.87. The minimum atomic E-state index is -4.76. The first-order valence-corrected chi connectivity index (χ1v) is 11.2. The molecule has 0 saturated carbocycles. The van der Waals surface area contributed by atoms with Gasteiger partial charge in [0.1, 0.15) is 28.3 Å². The van der Waals surface area contributed by atoms with E-state index in [0.29, 0.717) is 34.6 Å². The Morgan fingerprint density at radius 2 is 1.78 bits per heavy atom. The molecule has 194 valence electrons. The summed E-state index contributed by atoms with van der Waals surface area (Å²) in [5.74, 6) is -2.01. The number of nitrogens with zero attached hydrogens (tertiary/aromatic N) is 3. The third-order valence-electron chi connectivity index (χ3n) is 4.82. The lowest BCUT2D eigenvalue weighted by molar-refractivity contribution is -0.157. The summed E-state index contributed by atoms with van der Waals surface area (Å²) in [4.78, 5) is 12.1. The fraction of sp³-hybridized carbons (Fsp3) is 0.240. The summed E-state index contributed by atoms with van der Waals surface area (Å²) in [5.41, 5.74) is -0.622. The number of fused-ring (bicyclic) bond motifs is 1. The normalized spacial score (nSPS) is 12.0. The summed E-state index contributed by atoms with van der Waals surface area (Å²) >= 11 is 5.89. The van der Waals surface area contributed by atoms with Gasteiger partial charge in [0.2, 0.25) is 0 Å². The van der Waals surface area contributed by atoms with E-state index in [-0.39, 0.29) is 12.4 Å². The van der Waals surface area contributed by atoms with Gasteiger partial charge in [-0.25, -0.2) is 13.9 Å². The molecule has 0 unspecified atom stereocenters. The molecule has 0 aliphatic rings. The van der Waals surface area contributed by atoms with Gasteiger partial charge in [-0.05, 0) is 57.2 Å². The van der Waals surface area contributed by atoms with Crippen molar-refractivity contribution in [1.82, 2.24) is 15.0 Å². The summed E-state index contributed by atoms with van der Waals surface area (Å²) in [7, 11) is 0. The van der Waals surface area contributed by atoms with Crippen molar-refractivity contribution in [2.45, 2.75) is 32.5 Å². The van der Waals surface area contributed by atoms with Gasteiger partial charge in [-0.3, -0.25) is 0 Å². The van der Waals surface area contributed by atoms with Gasteiger partial charge in [-0.1, -0.05) is 28.9 Å². The lowest BCUT2D eigenvalue weighted by Crippen LogP contribution is -2.27. The van der Waals surface area contributed by atoms with Gasteiger partial charge in [-0.15, -0.1) is 5.10 Å². The van der Waals surface area contributed by atoms with Crippen LogP contribution in [-0.2, 0) is 15.7 Å². The highest BCUT2D eigenvalue weighted by molar-refractivity contribution is 6.32. The molecule has 0 radical (unpaired) electrons. The fourth-order valence-corrected chi connectivity index (χ4v) is 3.59. The molecule has 4 rings (SSSR count). The van der Waals surface area contributed by atoms with Crippen molar-refractivity contribution < 1.29 is 36.6 Å². The van der Waals surface area contributed by atoms with Crippen molar-refractivity contribution in [1.29, 1.82) is 0 Å². The zero-order valence-corrected chi connectivity index (χ0v) is 20.5. The highest BCUT2D eigenvalue weighted by Gasteiger charge is 2.32. The molecule has 0 N–H and O–H groups in total. The Kier molecular flexibility index (Phi) is 7.00. The quantitative estimate of drug-likeness (QED) is 0.200. The number of aromatic nitrogens is 3. The third kappa shape index (κ3) is 6.11. The second kappa shape index (κ2) is 9.89. The first-order chi connectivity index (χ1) is 17.3. The smallest absolute Gasteiger partial charge is 0.416 e. The Morgan fingerprint density at radius 3 is 2.46 bits per heavy atom. The van der Waals surface area contributed by atoms with Crippen LogP contribution in [0, 0.1) is 5.82 Å². The maximum Gasteiger partial charge on any atom is 0.416 e. The van der Waals surface area contributed by atoms with Crippen LogP contribution in [0.3, 0.4) is 0 Å². The summed E-state index contributed by atoms with van der Waals surface area (Å²) in [5, 5.41) is 7.67. The molecule has 1 heterocycles. The van der Waals surface area contributed by atoms with Crippen molar-refractivity contribution in [2.75, 3.05) is 6.61 Å². The van der Waals surface area contributed by atoms with E-state index in [4.69, 9.17) is 25.8 Å². The predicted molar refractivity (Wildman–Crippen MR) is 127 cm³/mol. The van der Waals surface area contributed by atoms with Crippen LogP contribution in [0.2, 0.25) is 5.02 Å². The molecular formula is C25H20ClF4N3O4. The largest absolute Gasteiger partial charge is 0.480 e. The molecule has 0 amide bonds. The van der Waals surface area contributed by atoms with Crippen molar-refractivity contribution in [3.63, 3.8) is 0 Å². The third-order valence-corrected chi connectivity index (χ3v) is 5.10. The van der Waals surface area contributed by atoms with Crippen LogP contribution in [-0.4, -0.2) is 33.2 Å². The SMILES string of the molecule is CC(C)(C)OC(=O)COc1ccccc1-n1nnc2ccc(Oc3c(F)cc(C(F)(F)F)cc3Cl)cc21. The standard InChI is InChI=1S/C25H20ClF4N3O4/c1-24(2,3)37-22(34)13-35-21-7-5-4-6-19(21)33-20-12-15(8-9-18(20)31-32-33)36-23-16(26)10-14(11-17(23)27)25(28,29)30/h4-12H,13H2,1-3H3. The number of rotatable bonds is 6. The molecule has 7 nitrogen and oxygen atoms in total. The lowest BCUT2D eigenvalue weighted by Gasteiger charge is -2.19. The maximum absolute atomic E-state index is 14.4. The van der Waals surface area contributed by atoms with Gasteiger partial charge in [0.05, 0.1) is 16.1 Å². The van der Waals surface area contributed by atoms with E-state index < -0.39 is 39.9 Å². The second-order valence-corrected chi connectivity index (χ2v) is 9.27. The molecule has 0 bridgehead atoms. The number of hydrogen-bond acceptors (Lipinski definition) is 6. The van der Waals surface area contributed by atoms with Crippen LogP contribution in [0.5, 0.6) is 17.2 Å². The zero-order chi connectivity index (χ0) is 27.0. The van der Waals surface area contributed by atoms with Crippen molar-refractivity contribution in [2.24, 2.45) is 0 Å². The van der Waals surface area contributed by atoms with Crippen LogP contribution in [0.15, 0.2) is 54.6 Å². The number of para-hydroxylation sites is 2. The summed E-state index contributed by atoms with van der Waals surface area (Å²) < 4.78 is 71.1. The van der Waals surface area contributed by atoms with E-state index in [1.807, 2.05) is 0 Å². The van der Waals surface area contributed by atoms with Crippen LogP contribution in [0.4, 0.5) is 17.6 Å². The summed E-state index contributed by atoms with van der Waals surface area (Å²) in [6, 6.07) is 12.1. The summed E-state index contributed by atoms with van der Waals surface area (Å²) in [6.07, 6.45) is -4.76. The Bertz CT molecular complexity index is 1440. The number of ether oxygens (including phenoxy) is 3. The average Bonchev–Trinajstić information content (AvgIpc) is 3.21. The van der Waals surface area contributed by atoms with E-state index in [1.54, 1.807) is 45.0 Å². The van der Waals surface area contributed by atoms with E-state index in [0.717, 1.165) is 0 Å². The van der Waals surface area contributed by atoms with Gasteiger partial charge < -0.3 is 14.2 Å². The highest BCUT2D eigenvalue weighted by Crippen LogP contribution is 2.39. The molecule has 4 aromatic rings. The van der Waals surface area contributed by atoms with Crippen LogP contribution < -0.4 is 9.47 Å². The molecule has 0 saturated heterocycles. The Morgan fingerprint density at radius 1 is 1.05 bits per heavy atom. The van der Waals surface area contributed by atoms with E-state index in [9.17, 15) is 22.4 Å². The minimum Gasteiger partial charge on any atom is -0.480 e. The number of hydrogen-bond donors (Lipinski definition) is 0. The number of carbonyl (C=O) groups excluding carboxylic acids is 1. The molecule has 0 atom stereocenters. The van der Waals surface area contributed by atoms with Crippen molar-refractivity contribution in [3.8, 4) is 22.9 Å². The number of halogens is 5. The van der Waals surface area contributed by atoms with E-state index >= 15 is 0 Å². The molecular weight excluding hydrogens is 518 g/mol. The monoisotopic (exact) mass is 537 g/mol. The molecule has 0 aliphatic heterocycles. The molecule has 1 aromatic heterocycles. The predicted octanol–water partition coefficient (Wildman–Crippen LogP) is 6.74. The molecule has 37 heavy (non-hydrogen) atoms.